The normalized spacial score (nSPS) is 10.3. The zero-order chi connectivity index (χ0) is 9.26. The molecule has 66 valence electrons. The van der Waals surface area contributed by atoms with Crippen molar-refractivity contribution in [3.63, 3.8) is 0 Å². The summed E-state index contributed by atoms with van der Waals surface area (Å²) in [5, 5.41) is 3.78. The molecule has 0 aliphatic rings. The quantitative estimate of drug-likeness (QED) is 0.767. The van der Waals surface area contributed by atoms with Gasteiger partial charge in [0.2, 0.25) is 5.82 Å². The van der Waals surface area contributed by atoms with E-state index < -0.39 is 0 Å². The van der Waals surface area contributed by atoms with Gasteiger partial charge in [0.15, 0.2) is 0 Å². The number of hydrogen-bond donors (Lipinski definition) is 0. The van der Waals surface area contributed by atoms with Crippen LogP contribution in [0.1, 0.15) is 5.56 Å². The summed E-state index contributed by atoms with van der Waals surface area (Å²) in [5.41, 5.74) is 2.17. The van der Waals surface area contributed by atoms with Gasteiger partial charge >= 0.3 is 0 Å². The molecule has 13 heavy (non-hydrogen) atoms. The molecule has 0 spiro atoms. The summed E-state index contributed by atoms with van der Waals surface area (Å²) >= 11 is 3.10. The molecule has 2 aromatic rings. The van der Waals surface area contributed by atoms with Gasteiger partial charge in [0.25, 0.3) is 4.80 Å². The summed E-state index contributed by atoms with van der Waals surface area (Å²) in [5.74, 6) is 0.604. The average Bonchev–Trinajstić information content (AvgIpc) is 2.53. The fraction of sp³-hybridized carbons (Fsp3) is 0.111. The van der Waals surface area contributed by atoms with Crippen molar-refractivity contribution in [2.75, 3.05) is 0 Å². The number of rotatable bonds is 1. The minimum absolute atomic E-state index is 0.406. The molecule has 0 aliphatic carbocycles. The maximum absolute atomic E-state index is 4.80. The summed E-state index contributed by atoms with van der Waals surface area (Å²) in [4.78, 5) is 4.46. The fourth-order valence-corrected chi connectivity index (χ4v) is 1.27. The molecular weight excluding hydrogens is 232 g/mol. The molecule has 1 heterocycles. The summed E-state index contributed by atoms with van der Waals surface area (Å²) in [6.07, 6.45) is 0. The minimum atomic E-state index is 0.406. The molecule has 0 unspecified atom stereocenters. The maximum Gasteiger partial charge on any atom is 0.294 e. The van der Waals surface area contributed by atoms with E-state index in [0.717, 1.165) is 5.56 Å². The van der Waals surface area contributed by atoms with Crippen molar-refractivity contribution in [3.05, 3.63) is 34.6 Å². The molecule has 0 saturated heterocycles. The van der Waals surface area contributed by atoms with Gasteiger partial charge in [-0.2, -0.15) is 4.98 Å². The average molecular weight is 239 g/mol. The van der Waals surface area contributed by atoms with Gasteiger partial charge in [-0.3, -0.25) is 0 Å². The number of benzene rings is 1. The Morgan fingerprint density at radius 3 is 2.46 bits per heavy atom. The summed E-state index contributed by atoms with van der Waals surface area (Å²) < 4.78 is 4.80. The molecule has 0 amide bonds. The molecule has 0 saturated carbocycles. The second-order valence-corrected chi connectivity index (χ2v) is 3.42. The molecule has 3 nitrogen and oxygen atoms in total. The van der Waals surface area contributed by atoms with Crippen LogP contribution in [0.2, 0.25) is 0 Å². The smallest absolute Gasteiger partial charge is 0.294 e. The maximum atomic E-state index is 4.80. The summed E-state index contributed by atoms with van der Waals surface area (Å²) in [6.45, 7) is 2.04. The Labute approximate surface area is 83.9 Å². The van der Waals surface area contributed by atoms with Crippen LogP contribution < -0.4 is 0 Å². The summed E-state index contributed by atoms with van der Waals surface area (Å²) in [7, 11) is 0. The monoisotopic (exact) mass is 238 g/mol. The Hall–Kier alpha value is -1.16. The highest BCUT2D eigenvalue weighted by atomic mass is 79.9. The van der Waals surface area contributed by atoms with E-state index in [1.165, 1.54) is 5.56 Å². The number of aromatic nitrogens is 2. The lowest BCUT2D eigenvalue weighted by molar-refractivity contribution is 0.397. The molecule has 1 aromatic carbocycles. The van der Waals surface area contributed by atoms with Crippen LogP contribution in [-0.4, -0.2) is 10.1 Å². The van der Waals surface area contributed by atoms with Gasteiger partial charge < -0.3 is 4.52 Å². The first-order valence-electron chi connectivity index (χ1n) is 3.82. The van der Waals surface area contributed by atoms with Crippen LogP contribution in [0.3, 0.4) is 0 Å². The first-order valence-corrected chi connectivity index (χ1v) is 4.61. The topological polar surface area (TPSA) is 38.9 Å². The van der Waals surface area contributed by atoms with E-state index in [1.54, 1.807) is 0 Å². The molecule has 0 atom stereocenters. The second kappa shape index (κ2) is 3.30. The van der Waals surface area contributed by atoms with Crippen molar-refractivity contribution in [2.24, 2.45) is 0 Å². The van der Waals surface area contributed by atoms with E-state index in [1.807, 2.05) is 31.2 Å². The van der Waals surface area contributed by atoms with E-state index in [9.17, 15) is 0 Å². The zero-order valence-electron chi connectivity index (χ0n) is 6.99. The van der Waals surface area contributed by atoms with Crippen LogP contribution in [-0.2, 0) is 0 Å². The number of halogens is 1. The number of nitrogens with zero attached hydrogens (tertiary/aromatic N) is 2. The first-order chi connectivity index (χ1) is 6.25. The van der Waals surface area contributed by atoms with Crippen LogP contribution in [0, 0.1) is 6.92 Å². The largest absolute Gasteiger partial charge is 0.326 e. The van der Waals surface area contributed by atoms with Crippen molar-refractivity contribution in [2.45, 2.75) is 6.92 Å². The Morgan fingerprint density at radius 2 is 1.92 bits per heavy atom. The molecule has 0 fully saturated rings. The van der Waals surface area contributed by atoms with Gasteiger partial charge in [0, 0.05) is 21.5 Å². The lowest BCUT2D eigenvalue weighted by Crippen LogP contribution is -1.80. The van der Waals surface area contributed by atoms with Gasteiger partial charge in [0.1, 0.15) is 0 Å². The fourth-order valence-electron chi connectivity index (χ4n) is 1.02. The van der Waals surface area contributed by atoms with E-state index in [2.05, 4.69) is 26.1 Å². The SMILES string of the molecule is Cc1ccc(-c2noc(Br)n2)cc1. The first kappa shape index (κ1) is 8.44. The third kappa shape index (κ3) is 1.78. The standard InChI is InChI=1S/C9H7BrN2O/c1-6-2-4-7(5-3-6)8-11-9(10)13-12-8/h2-5H,1H3. The van der Waals surface area contributed by atoms with Gasteiger partial charge in [-0.1, -0.05) is 35.0 Å². The van der Waals surface area contributed by atoms with Crippen LogP contribution in [0.4, 0.5) is 0 Å². The Bertz CT molecular complexity index is 408. The zero-order valence-corrected chi connectivity index (χ0v) is 8.58. The van der Waals surface area contributed by atoms with Crippen LogP contribution in [0.15, 0.2) is 33.6 Å². The predicted octanol–water partition coefficient (Wildman–Crippen LogP) is 2.81. The molecule has 2 rings (SSSR count). The highest BCUT2D eigenvalue weighted by molar-refractivity contribution is 9.10. The highest BCUT2D eigenvalue weighted by Crippen LogP contribution is 2.17. The molecule has 1 aromatic heterocycles. The van der Waals surface area contributed by atoms with E-state index in [4.69, 9.17) is 4.52 Å². The third-order valence-electron chi connectivity index (χ3n) is 1.71. The predicted molar refractivity (Wildman–Crippen MR) is 52.2 cm³/mol. The van der Waals surface area contributed by atoms with E-state index in [-0.39, 0.29) is 0 Å². The molecule has 0 radical (unpaired) electrons. The van der Waals surface area contributed by atoms with Crippen molar-refractivity contribution in [1.82, 2.24) is 10.1 Å². The molecule has 0 bridgehead atoms. The molecule has 0 N–H and O–H groups in total. The van der Waals surface area contributed by atoms with Crippen molar-refractivity contribution in [3.8, 4) is 11.4 Å². The van der Waals surface area contributed by atoms with Crippen molar-refractivity contribution in [1.29, 1.82) is 0 Å². The molecule has 0 aliphatic heterocycles. The van der Waals surface area contributed by atoms with Crippen molar-refractivity contribution < 1.29 is 4.52 Å². The molecular formula is C9H7BrN2O. The van der Waals surface area contributed by atoms with Crippen LogP contribution in [0.5, 0.6) is 0 Å². The lowest BCUT2D eigenvalue weighted by atomic mass is 10.1. The van der Waals surface area contributed by atoms with Gasteiger partial charge in [-0.05, 0) is 6.92 Å². The number of aryl methyl sites for hydroxylation is 1. The van der Waals surface area contributed by atoms with Crippen LogP contribution in [0.25, 0.3) is 11.4 Å². The van der Waals surface area contributed by atoms with Gasteiger partial charge in [0.05, 0.1) is 0 Å². The number of hydrogen-bond acceptors (Lipinski definition) is 3. The summed E-state index contributed by atoms with van der Waals surface area (Å²) in [6, 6.07) is 7.96. The Kier molecular flexibility index (Phi) is 2.14. The van der Waals surface area contributed by atoms with Crippen LogP contribution >= 0.6 is 15.9 Å². The van der Waals surface area contributed by atoms with E-state index >= 15 is 0 Å². The Morgan fingerprint density at radius 1 is 1.23 bits per heavy atom. The van der Waals surface area contributed by atoms with Crippen molar-refractivity contribution >= 4 is 15.9 Å². The molecule has 4 heteroatoms. The highest BCUT2D eigenvalue weighted by Gasteiger charge is 2.04. The second-order valence-electron chi connectivity index (χ2n) is 2.74. The minimum Gasteiger partial charge on any atom is -0.326 e. The van der Waals surface area contributed by atoms with Gasteiger partial charge in [-0.15, -0.1) is 0 Å². The third-order valence-corrected chi connectivity index (χ3v) is 2.03. The van der Waals surface area contributed by atoms with E-state index in [0.29, 0.717) is 10.6 Å². The Balaban J connectivity index is 2.41. The van der Waals surface area contributed by atoms with Gasteiger partial charge in [-0.25, -0.2) is 0 Å². The lowest BCUT2D eigenvalue weighted by Gasteiger charge is -1.93.